The molecule has 0 saturated heterocycles. The van der Waals surface area contributed by atoms with Crippen LogP contribution in [0.3, 0.4) is 0 Å². The third kappa shape index (κ3) is 3.99. The highest BCUT2D eigenvalue weighted by Gasteiger charge is 2.29. The maximum Gasteiger partial charge on any atom is 0.163 e. The van der Waals surface area contributed by atoms with E-state index >= 15 is 0 Å². The standard InChI is InChI=1S/C33H20Br2N4S/c34-22-11-13-26-24(17-22)25-15-21(16-29-30(25)39(26)27-14-12-23(35)18-28(27)40-29)33-37-31(19-7-3-1-4-8-19)36-32(38-33)20-9-5-2-6-10-20/h1-15,17-18,21H,16H2. The van der Waals surface area contributed by atoms with Gasteiger partial charge in [0.1, 0.15) is 5.82 Å². The van der Waals surface area contributed by atoms with Gasteiger partial charge in [-0.15, -0.1) is 0 Å². The summed E-state index contributed by atoms with van der Waals surface area (Å²) in [6.45, 7) is 0. The van der Waals surface area contributed by atoms with Crippen LogP contribution < -0.4 is 10.6 Å². The molecule has 1 atom stereocenters. The Bertz CT molecular complexity index is 2030. The first-order valence-electron chi connectivity index (χ1n) is 13.0. The molecule has 7 heteroatoms. The third-order valence-electron chi connectivity index (χ3n) is 7.45. The van der Waals surface area contributed by atoms with Gasteiger partial charge in [-0.05, 0) is 42.8 Å². The molecule has 1 aliphatic carbocycles. The summed E-state index contributed by atoms with van der Waals surface area (Å²) in [6.07, 6.45) is 3.20. The van der Waals surface area contributed by atoms with Gasteiger partial charge in [0.15, 0.2) is 11.6 Å². The van der Waals surface area contributed by atoms with Gasteiger partial charge < -0.3 is 4.57 Å². The minimum atomic E-state index is 0.00894. The first kappa shape index (κ1) is 24.3. The van der Waals surface area contributed by atoms with Crippen LogP contribution in [0.15, 0.2) is 111 Å². The van der Waals surface area contributed by atoms with Crippen molar-refractivity contribution >= 4 is 65.5 Å². The number of halogens is 2. The monoisotopic (exact) mass is 662 g/mol. The molecule has 192 valence electrons. The topological polar surface area (TPSA) is 43.6 Å². The van der Waals surface area contributed by atoms with Crippen molar-refractivity contribution in [3.05, 3.63) is 122 Å². The quantitative estimate of drug-likeness (QED) is 0.193. The van der Waals surface area contributed by atoms with E-state index in [-0.39, 0.29) is 5.92 Å². The van der Waals surface area contributed by atoms with Gasteiger partial charge in [0.25, 0.3) is 0 Å². The Balaban J connectivity index is 1.38. The second-order valence-electron chi connectivity index (χ2n) is 9.95. The van der Waals surface area contributed by atoms with Crippen LogP contribution in [0.4, 0.5) is 0 Å². The first-order valence-corrected chi connectivity index (χ1v) is 15.4. The van der Waals surface area contributed by atoms with Crippen LogP contribution in [0.2, 0.25) is 0 Å². The van der Waals surface area contributed by atoms with Crippen LogP contribution in [0.1, 0.15) is 18.2 Å². The van der Waals surface area contributed by atoms with Gasteiger partial charge in [-0.2, -0.15) is 0 Å². The Morgan fingerprint density at radius 3 is 2.08 bits per heavy atom. The van der Waals surface area contributed by atoms with E-state index in [1.54, 1.807) is 0 Å². The van der Waals surface area contributed by atoms with Crippen LogP contribution in [-0.4, -0.2) is 19.5 Å². The van der Waals surface area contributed by atoms with Crippen molar-refractivity contribution in [1.82, 2.24) is 19.5 Å². The molecule has 0 amide bonds. The van der Waals surface area contributed by atoms with Crippen LogP contribution in [0, 0.1) is 0 Å². The summed E-state index contributed by atoms with van der Waals surface area (Å²) < 4.78 is 4.58. The van der Waals surface area contributed by atoms with Gasteiger partial charge in [0, 0.05) is 46.4 Å². The summed E-state index contributed by atoms with van der Waals surface area (Å²) in [6, 6.07) is 33.5. The molecule has 0 N–H and O–H groups in total. The highest BCUT2D eigenvalue weighted by molar-refractivity contribution is 9.10. The lowest BCUT2D eigenvalue weighted by atomic mass is 9.97. The number of hydrogen-bond donors (Lipinski definition) is 0. The fourth-order valence-corrected chi connectivity index (χ4v) is 7.82. The molecular weight excluding hydrogens is 644 g/mol. The third-order valence-corrected chi connectivity index (χ3v) is 9.59. The molecule has 0 spiro atoms. The van der Waals surface area contributed by atoms with Crippen molar-refractivity contribution in [3.63, 3.8) is 0 Å². The summed E-state index contributed by atoms with van der Waals surface area (Å²) in [5.41, 5.74) is 4.39. The molecule has 0 fully saturated rings. The van der Waals surface area contributed by atoms with Crippen LogP contribution in [0.25, 0.3) is 50.3 Å². The molecule has 4 aromatic carbocycles. The summed E-state index contributed by atoms with van der Waals surface area (Å²) in [5, 5.41) is 3.75. The van der Waals surface area contributed by atoms with Gasteiger partial charge >= 0.3 is 0 Å². The summed E-state index contributed by atoms with van der Waals surface area (Å²) in [4.78, 5) is 17.6. The van der Waals surface area contributed by atoms with Crippen LogP contribution in [0.5, 0.6) is 0 Å². The lowest BCUT2D eigenvalue weighted by molar-refractivity contribution is 0.799. The molecule has 3 heterocycles. The van der Waals surface area contributed by atoms with Crippen molar-refractivity contribution in [3.8, 4) is 28.5 Å². The molecule has 8 rings (SSSR count). The number of rotatable bonds is 3. The van der Waals surface area contributed by atoms with Gasteiger partial charge in [-0.1, -0.05) is 110 Å². The fourth-order valence-electron chi connectivity index (χ4n) is 5.67. The first-order chi connectivity index (χ1) is 19.6. The van der Waals surface area contributed by atoms with Gasteiger partial charge in [-0.25, -0.2) is 15.0 Å². The molecule has 4 nitrogen and oxygen atoms in total. The van der Waals surface area contributed by atoms with Crippen molar-refractivity contribution < 1.29 is 0 Å². The second-order valence-corrected chi connectivity index (χ2v) is 12.9. The summed E-state index contributed by atoms with van der Waals surface area (Å²) in [7, 11) is 0. The zero-order valence-electron chi connectivity index (χ0n) is 21.1. The number of benzene rings is 4. The minimum Gasteiger partial charge on any atom is -0.307 e. The molecule has 2 aliphatic rings. The van der Waals surface area contributed by atoms with Crippen molar-refractivity contribution in [2.75, 3.05) is 0 Å². The number of nitrogens with zero attached hydrogens (tertiary/aromatic N) is 4. The molecule has 0 bridgehead atoms. The zero-order chi connectivity index (χ0) is 26.8. The highest BCUT2D eigenvalue weighted by atomic mass is 79.9. The average Bonchev–Trinajstić information content (AvgIpc) is 3.32. The van der Waals surface area contributed by atoms with Crippen molar-refractivity contribution in [2.45, 2.75) is 17.2 Å². The van der Waals surface area contributed by atoms with Gasteiger partial charge in [0.05, 0.1) is 16.6 Å². The number of aromatic nitrogens is 4. The minimum absolute atomic E-state index is 0.00894. The SMILES string of the molecule is Brc1ccc2c(c1)SC1=c3c(c4cc(Br)ccc4n3-2)=CC(c2nc(-c3ccccc3)nc(-c3ccccc3)n2)C1. The Labute approximate surface area is 251 Å². The Morgan fingerprint density at radius 1 is 0.725 bits per heavy atom. The number of thioether (sulfide) groups is 1. The normalized spacial score (nSPS) is 15.4. The molecule has 40 heavy (non-hydrogen) atoms. The zero-order valence-corrected chi connectivity index (χ0v) is 25.0. The van der Waals surface area contributed by atoms with E-state index in [0.717, 1.165) is 32.3 Å². The van der Waals surface area contributed by atoms with E-state index in [4.69, 9.17) is 15.0 Å². The predicted octanol–water partition coefficient (Wildman–Crippen LogP) is 7.86. The highest BCUT2D eigenvalue weighted by Crippen LogP contribution is 2.43. The Hall–Kier alpha value is -3.52. The van der Waals surface area contributed by atoms with E-state index in [1.165, 1.54) is 37.0 Å². The Morgan fingerprint density at radius 2 is 1.38 bits per heavy atom. The van der Waals surface area contributed by atoms with Gasteiger partial charge in [0.2, 0.25) is 0 Å². The maximum absolute atomic E-state index is 5.08. The second kappa shape index (κ2) is 9.54. The molecular formula is C33H20Br2N4S. The van der Waals surface area contributed by atoms with Crippen molar-refractivity contribution in [1.29, 1.82) is 0 Å². The molecule has 0 saturated carbocycles. The van der Waals surface area contributed by atoms with Crippen LogP contribution >= 0.6 is 43.6 Å². The van der Waals surface area contributed by atoms with Gasteiger partial charge in [-0.3, -0.25) is 0 Å². The molecule has 1 unspecified atom stereocenters. The molecule has 6 aromatic rings. The van der Waals surface area contributed by atoms with E-state index in [0.29, 0.717) is 11.6 Å². The average molecular weight is 664 g/mol. The smallest absolute Gasteiger partial charge is 0.163 e. The molecule has 0 radical (unpaired) electrons. The number of hydrogen-bond acceptors (Lipinski definition) is 4. The lowest BCUT2D eigenvalue weighted by Crippen LogP contribution is -2.36. The summed E-state index contributed by atoms with van der Waals surface area (Å²) in [5.74, 6) is 2.20. The van der Waals surface area contributed by atoms with E-state index < -0.39 is 0 Å². The van der Waals surface area contributed by atoms with E-state index in [9.17, 15) is 0 Å². The number of fused-ring (bicyclic) bond motifs is 5. The van der Waals surface area contributed by atoms with E-state index in [2.05, 4.69) is 103 Å². The molecule has 1 aliphatic heterocycles. The Kier molecular flexibility index (Phi) is 5.80. The predicted molar refractivity (Wildman–Crippen MR) is 170 cm³/mol. The largest absolute Gasteiger partial charge is 0.307 e. The summed E-state index contributed by atoms with van der Waals surface area (Å²) >= 11 is 9.27. The van der Waals surface area contributed by atoms with Crippen LogP contribution in [-0.2, 0) is 0 Å². The maximum atomic E-state index is 5.08. The fraction of sp³-hybridized carbons (Fsp3) is 0.0606. The van der Waals surface area contributed by atoms with Crippen molar-refractivity contribution in [2.24, 2.45) is 0 Å². The van der Waals surface area contributed by atoms with E-state index in [1.807, 2.05) is 48.2 Å². The lowest BCUT2D eigenvalue weighted by Gasteiger charge is -2.24. The molecule has 2 aromatic heterocycles.